The van der Waals surface area contributed by atoms with Gasteiger partial charge in [0.15, 0.2) is 12.6 Å². The first-order chi connectivity index (χ1) is 13.7. The van der Waals surface area contributed by atoms with Crippen LogP contribution in [0.15, 0.2) is 0 Å². The average Bonchev–Trinajstić information content (AvgIpc) is 2.68. The molecule has 0 aromatic carbocycles. The van der Waals surface area contributed by atoms with Gasteiger partial charge in [-0.1, -0.05) is 0 Å². The van der Waals surface area contributed by atoms with Gasteiger partial charge in [0.05, 0.1) is 13.2 Å². The summed E-state index contributed by atoms with van der Waals surface area (Å²) in [6.45, 7) is 0.712. The molecule has 0 spiro atoms. The molecule has 2 rings (SSSR count). The molecule has 0 radical (unpaired) electrons. The highest BCUT2D eigenvalue weighted by Crippen LogP contribution is 2.28. The summed E-state index contributed by atoms with van der Waals surface area (Å²) in [6, 6.07) is -0.941. The Labute approximate surface area is 166 Å². The quantitative estimate of drug-likeness (QED) is 0.278. The van der Waals surface area contributed by atoms with Crippen molar-refractivity contribution in [2.75, 3.05) is 27.4 Å². The molecule has 2 heterocycles. The topological polar surface area (TPSA) is 190 Å². The van der Waals surface area contributed by atoms with Gasteiger partial charge in [0.2, 0.25) is 5.91 Å². The van der Waals surface area contributed by atoms with E-state index in [1.54, 1.807) is 0 Å². The molecule has 0 aliphatic carbocycles. The Hall–Kier alpha value is -1.51. The van der Waals surface area contributed by atoms with Gasteiger partial charge in [-0.2, -0.15) is 9.59 Å². The number of ether oxygens (including phenoxy) is 5. The van der Waals surface area contributed by atoms with Gasteiger partial charge in [-0.05, 0) is 0 Å². The van der Waals surface area contributed by atoms with Crippen LogP contribution >= 0.6 is 0 Å². The lowest BCUT2D eigenvalue weighted by Gasteiger charge is -2.46. The molecule has 9 atom stereocenters. The third kappa shape index (κ3) is 6.49. The highest BCUT2D eigenvalue weighted by atomic mass is 16.7. The number of aliphatic hydroxyl groups excluding tert-OH is 4. The zero-order valence-electron chi connectivity index (χ0n) is 16.2. The Morgan fingerprint density at radius 3 is 2.21 bits per heavy atom. The number of carbonyl (C=O) groups is 1. The van der Waals surface area contributed by atoms with Crippen LogP contribution in [0.4, 0.5) is 0 Å². The first-order valence-corrected chi connectivity index (χ1v) is 8.65. The maximum absolute atomic E-state index is 11.5. The lowest BCUT2D eigenvalue weighted by atomic mass is 9.96. The van der Waals surface area contributed by atoms with Gasteiger partial charge in [-0.15, -0.1) is 0 Å². The van der Waals surface area contributed by atoms with Crippen molar-refractivity contribution in [1.29, 1.82) is 0 Å². The minimum absolute atomic E-state index is 0.0410. The van der Waals surface area contributed by atoms with Crippen LogP contribution in [0.3, 0.4) is 0 Å². The first-order valence-electron chi connectivity index (χ1n) is 8.65. The predicted octanol–water partition coefficient (Wildman–Crippen LogP) is -3.89. The van der Waals surface area contributed by atoms with E-state index in [9.17, 15) is 25.2 Å². The Bertz CT molecular complexity index is 542. The monoisotopic (exact) mass is 425 g/mol. The van der Waals surface area contributed by atoms with E-state index >= 15 is 0 Å². The number of aliphatic hydroxyl groups is 4. The molecular formula is C16H27NO12. The van der Waals surface area contributed by atoms with Crippen molar-refractivity contribution < 1.29 is 58.5 Å². The number of hydrogen-bond donors (Lipinski definition) is 5. The van der Waals surface area contributed by atoms with Crippen LogP contribution in [0.25, 0.3) is 0 Å². The molecular weight excluding hydrogens is 398 g/mol. The Kier molecular flexibility index (Phi) is 10.8. The lowest BCUT2D eigenvalue weighted by Crippen LogP contribution is -2.67. The summed E-state index contributed by atoms with van der Waals surface area (Å²) in [4.78, 5) is 27.8. The van der Waals surface area contributed by atoms with Gasteiger partial charge in [0, 0.05) is 21.1 Å². The van der Waals surface area contributed by atoms with Gasteiger partial charge in [-0.25, -0.2) is 0 Å². The number of amides is 1. The molecule has 1 amide bonds. The number of carbonyl (C=O) groups excluding carboxylic acids is 3. The summed E-state index contributed by atoms with van der Waals surface area (Å²) in [5, 5.41) is 42.7. The van der Waals surface area contributed by atoms with Gasteiger partial charge < -0.3 is 49.4 Å². The van der Waals surface area contributed by atoms with E-state index in [2.05, 4.69) is 5.32 Å². The number of rotatable bonds is 6. The summed E-state index contributed by atoms with van der Waals surface area (Å²) in [6.07, 6.45) is -9.02. The average molecular weight is 425 g/mol. The van der Waals surface area contributed by atoms with Gasteiger partial charge in [0.25, 0.3) is 0 Å². The first kappa shape index (κ1) is 25.5. The molecule has 168 valence electrons. The fourth-order valence-electron chi connectivity index (χ4n) is 3.07. The van der Waals surface area contributed by atoms with Crippen molar-refractivity contribution >= 4 is 12.1 Å². The fourth-order valence-corrected chi connectivity index (χ4v) is 3.07. The molecule has 3 unspecified atom stereocenters. The van der Waals surface area contributed by atoms with E-state index in [1.165, 1.54) is 21.1 Å². The van der Waals surface area contributed by atoms with Crippen LogP contribution in [-0.2, 0) is 38.1 Å². The molecule has 2 saturated heterocycles. The molecule has 5 N–H and O–H groups in total. The van der Waals surface area contributed by atoms with Crippen LogP contribution in [-0.4, -0.2) is 115 Å². The fraction of sp³-hybridized carbons (Fsp3) is 0.875. The summed E-state index contributed by atoms with van der Waals surface area (Å²) in [5.74, 6) is -0.423. The van der Waals surface area contributed by atoms with Gasteiger partial charge in [-0.3, -0.25) is 4.79 Å². The molecule has 2 aliphatic rings. The van der Waals surface area contributed by atoms with E-state index in [0.717, 1.165) is 0 Å². The minimum Gasteiger partial charge on any atom is -0.394 e. The van der Waals surface area contributed by atoms with Crippen molar-refractivity contribution in [3.63, 3.8) is 0 Å². The van der Waals surface area contributed by atoms with Crippen LogP contribution in [0, 0.1) is 0 Å². The third-order valence-corrected chi connectivity index (χ3v) is 4.48. The Balaban J connectivity index is 0.00000132. The van der Waals surface area contributed by atoms with Gasteiger partial charge >= 0.3 is 6.15 Å². The van der Waals surface area contributed by atoms with E-state index in [1.807, 2.05) is 0 Å². The maximum atomic E-state index is 11.5. The molecule has 0 aromatic heterocycles. The van der Waals surface area contributed by atoms with Crippen LogP contribution in [0.2, 0.25) is 0 Å². The molecule has 2 fully saturated rings. The van der Waals surface area contributed by atoms with Crippen molar-refractivity contribution in [3.05, 3.63) is 0 Å². The van der Waals surface area contributed by atoms with E-state index < -0.39 is 67.8 Å². The molecule has 0 bridgehead atoms. The van der Waals surface area contributed by atoms with Crippen molar-refractivity contribution in [2.45, 2.75) is 62.2 Å². The molecule has 13 heteroatoms. The lowest BCUT2D eigenvalue weighted by molar-refractivity contribution is -0.328. The summed E-state index contributed by atoms with van der Waals surface area (Å²) < 4.78 is 26.7. The minimum atomic E-state index is -1.45. The second kappa shape index (κ2) is 12.2. The molecule has 0 aromatic rings. The standard InChI is InChI=1S/C15H27NO10.CO2/c1-6(18)16-9-13(11(20)7(4-17)25-14(9)23-3)26-15-12(21)10(19)8(22-2)5-24-15;2-1-3/h7-15,17,19-21H,4-5H2,1-3H3,(H,16,18);/t7?,8-,9?,10+,11-,12?,13-,14-,15+;/m1./s1. The number of nitrogens with one attached hydrogen (secondary N) is 1. The number of hydrogen-bond acceptors (Lipinski definition) is 12. The third-order valence-electron chi connectivity index (χ3n) is 4.48. The summed E-state index contributed by atoms with van der Waals surface area (Å²) >= 11 is 0. The van der Waals surface area contributed by atoms with Crippen LogP contribution < -0.4 is 5.32 Å². The second-order valence-corrected chi connectivity index (χ2v) is 6.32. The Morgan fingerprint density at radius 1 is 1.10 bits per heavy atom. The van der Waals surface area contributed by atoms with Crippen LogP contribution in [0.1, 0.15) is 6.92 Å². The molecule has 2 aliphatic heterocycles. The predicted molar refractivity (Wildman–Crippen MR) is 88.8 cm³/mol. The largest absolute Gasteiger partial charge is 0.394 e. The zero-order chi connectivity index (χ0) is 22.1. The normalized spacial score (nSPS) is 39.6. The highest BCUT2D eigenvalue weighted by molar-refractivity contribution is 5.73. The molecule has 0 saturated carbocycles. The maximum Gasteiger partial charge on any atom is 0.373 e. The SMILES string of the molecule is CO[C@@H]1OC(CO)[C@@H](O)[C@H](O[C@@H]2OC[C@@H](OC)[C@H](O)C2O)C1NC(C)=O.O=C=O. The number of methoxy groups -OCH3 is 2. The van der Waals surface area contributed by atoms with Crippen molar-refractivity contribution in [1.82, 2.24) is 5.32 Å². The summed E-state index contributed by atoms with van der Waals surface area (Å²) in [5.41, 5.74) is 0. The second-order valence-electron chi connectivity index (χ2n) is 6.32. The Morgan fingerprint density at radius 2 is 1.72 bits per heavy atom. The highest BCUT2D eigenvalue weighted by Gasteiger charge is 2.50. The summed E-state index contributed by atoms with van der Waals surface area (Å²) in [7, 11) is 2.71. The zero-order valence-corrected chi connectivity index (χ0v) is 16.2. The van der Waals surface area contributed by atoms with Crippen LogP contribution in [0.5, 0.6) is 0 Å². The molecule has 13 nitrogen and oxygen atoms in total. The molecule has 29 heavy (non-hydrogen) atoms. The van der Waals surface area contributed by atoms with Crippen molar-refractivity contribution in [3.8, 4) is 0 Å². The van der Waals surface area contributed by atoms with E-state index in [4.69, 9.17) is 33.3 Å². The van der Waals surface area contributed by atoms with E-state index in [-0.39, 0.29) is 12.8 Å². The van der Waals surface area contributed by atoms with Gasteiger partial charge in [0.1, 0.15) is 42.7 Å². The van der Waals surface area contributed by atoms with E-state index in [0.29, 0.717) is 0 Å². The smallest absolute Gasteiger partial charge is 0.373 e. The van der Waals surface area contributed by atoms with Crippen molar-refractivity contribution in [2.24, 2.45) is 0 Å².